The van der Waals surface area contributed by atoms with E-state index in [1.165, 1.54) is 20.5 Å². The van der Waals surface area contributed by atoms with Crippen LogP contribution in [0, 0.1) is 0 Å². The lowest BCUT2D eigenvalue weighted by molar-refractivity contribution is 0.0644. The summed E-state index contributed by atoms with van der Waals surface area (Å²) in [7, 11) is 0. The Morgan fingerprint density at radius 2 is 1.58 bits per heavy atom. The number of hydrogen-bond donors (Lipinski definition) is 1. The molecule has 1 aliphatic heterocycles. The highest BCUT2D eigenvalue weighted by molar-refractivity contribution is 7.17. The average Bonchev–Trinajstić information content (AvgIpc) is 3.11. The zero-order valence-corrected chi connectivity index (χ0v) is 13.8. The summed E-state index contributed by atoms with van der Waals surface area (Å²) in [5, 5.41) is 3.30. The Balaban J connectivity index is 1.52. The van der Waals surface area contributed by atoms with Gasteiger partial charge in [-0.25, -0.2) is 0 Å². The molecule has 0 radical (unpaired) electrons. The van der Waals surface area contributed by atoms with E-state index in [0.717, 1.165) is 0 Å². The molecule has 1 atom stereocenters. The fourth-order valence-corrected chi connectivity index (χ4v) is 4.15. The fraction of sp³-hybridized carbons (Fsp3) is 0.158. The molecule has 1 aliphatic rings. The molecule has 0 spiro atoms. The number of thiophene rings is 1. The monoisotopic (exact) mass is 336 g/mol. The van der Waals surface area contributed by atoms with Crippen molar-refractivity contribution >= 4 is 33.2 Å². The zero-order valence-electron chi connectivity index (χ0n) is 12.9. The third-order valence-corrected chi connectivity index (χ3v) is 5.35. The Hall–Kier alpha value is -2.50. The molecule has 0 saturated carbocycles. The predicted octanol–water partition coefficient (Wildman–Crippen LogP) is 3.07. The smallest absolute Gasteiger partial charge is 0.261 e. The van der Waals surface area contributed by atoms with Gasteiger partial charge >= 0.3 is 0 Å². The van der Waals surface area contributed by atoms with Crippen LogP contribution in [0.5, 0.6) is 0 Å². The summed E-state index contributed by atoms with van der Waals surface area (Å²) in [5.41, 5.74) is 8.36. The average molecular weight is 336 g/mol. The van der Waals surface area contributed by atoms with E-state index in [1.54, 1.807) is 35.6 Å². The first kappa shape index (κ1) is 15.1. The van der Waals surface area contributed by atoms with Gasteiger partial charge in [-0.3, -0.25) is 14.5 Å². The van der Waals surface area contributed by atoms with Crippen LogP contribution in [0.1, 0.15) is 26.3 Å². The topological polar surface area (TPSA) is 63.4 Å². The van der Waals surface area contributed by atoms with Gasteiger partial charge in [0.05, 0.1) is 11.1 Å². The van der Waals surface area contributed by atoms with E-state index in [-0.39, 0.29) is 24.4 Å². The second-order valence-corrected chi connectivity index (χ2v) is 6.90. The summed E-state index contributed by atoms with van der Waals surface area (Å²) in [6, 6.07) is 14.8. The van der Waals surface area contributed by atoms with Crippen LogP contribution in [0.3, 0.4) is 0 Å². The van der Waals surface area contributed by atoms with E-state index in [9.17, 15) is 9.59 Å². The maximum absolute atomic E-state index is 12.4. The van der Waals surface area contributed by atoms with E-state index >= 15 is 0 Å². The minimum Gasteiger partial charge on any atom is -0.326 e. The molecule has 0 fully saturated rings. The number of amides is 2. The molecular formula is C19H16N2O2S. The second-order valence-electron chi connectivity index (χ2n) is 5.99. The summed E-state index contributed by atoms with van der Waals surface area (Å²) in [6.07, 6.45) is 0.636. The van der Waals surface area contributed by atoms with Gasteiger partial charge in [0.15, 0.2) is 0 Å². The summed E-state index contributed by atoms with van der Waals surface area (Å²) in [6.45, 7) is 0.233. The van der Waals surface area contributed by atoms with Gasteiger partial charge in [-0.05, 0) is 40.9 Å². The number of nitrogens with zero attached hydrogens (tertiary/aromatic N) is 1. The maximum atomic E-state index is 12.4. The Morgan fingerprint density at radius 3 is 2.29 bits per heavy atom. The molecule has 3 aromatic rings. The van der Waals surface area contributed by atoms with Crippen LogP contribution in [-0.4, -0.2) is 29.3 Å². The molecule has 4 rings (SSSR count). The van der Waals surface area contributed by atoms with Gasteiger partial charge in [-0.2, -0.15) is 0 Å². The Labute approximate surface area is 143 Å². The summed E-state index contributed by atoms with van der Waals surface area (Å²) in [5.74, 6) is -0.498. The van der Waals surface area contributed by atoms with Crippen molar-refractivity contribution in [2.75, 3.05) is 6.54 Å². The molecule has 2 heterocycles. The van der Waals surface area contributed by atoms with Gasteiger partial charge in [0, 0.05) is 17.3 Å². The minimum absolute atomic E-state index is 0.233. The Bertz CT molecular complexity index is 912. The summed E-state index contributed by atoms with van der Waals surface area (Å²) in [4.78, 5) is 26.1. The largest absolute Gasteiger partial charge is 0.326 e. The Morgan fingerprint density at radius 1 is 0.958 bits per heavy atom. The normalized spacial score (nSPS) is 15.1. The quantitative estimate of drug-likeness (QED) is 0.745. The van der Waals surface area contributed by atoms with Crippen molar-refractivity contribution in [3.63, 3.8) is 0 Å². The van der Waals surface area contributed by atoms with Crippen molar-refractivity contribution in [1.29, 1.82) is 0 Å². The molecule has 0 aliphatic carbocycles. The SMILES string of the molecule is N[C@@H](Cc1csc2ccccc12)CN1C(=O)c2ccccc2C1=O. The van der Waals surface area contributed by atoms with Crippen LogP contribution < -0.4 is 5.73 Å². The van der Waals surface area contributed by atoms with Crippen molar-refractivity contribution in [2.45, 2.75) is 12.5 Å². The van der Waals surface area contributed by atoms with Crippen molar-refractivity contribution in [2.24, 2.45) is 5.73 Å². The van der Waals surface area contributed by atoms with Crippen molar-refractivity contribution in [1.82, 2.24) is 4.90 Å². The molecule has 1 aromatic heterocycles. The van der Waals surface area contributed by atoms with Crippen molar-refractivity contribution in [3.8, 4) is 0 Å². The van der Waals surface area contributed by atoms with Crippen LogP contribution in [0.15, 0.2) is 53.9 Å². The number of benzene rings is 2. The number of carbonyl (C=O) groups excluding carboxylic acids is 2. The number of imide groups is 1. The second kappa shape index (κ2) is 5.85. The number of hydrogen-bond acceptors (Lipinski definition) is 4. The lowest BCUT2D eigenvalue weighted by Crippen LogP contribution is -2.41. The van der Waals surface area contributed by atoms with Crippen LogP contribution >= 0.6 is 11.3 Å². The first-order valence-corrected chi connectivity index (χ1v) is 8.69. The highest BCUT2D eigenvalue weighted by Crippen LogP contribution is 2.27. The van der Waals surface area contributed by atoms with Gasteiger partial charge in [0.25, 0.3) is 11.8 Å². The van der Waals surface area contributed by atoms with E-state index in [4.69, 9.17) is 5.73 Å². The Kier molecular flexibility index (Phi) is 3.67. The molecule has 0 unspecified atom stereocenters. The molecule has 0 bridgehead atoms. The fourth-order valence-electron chi connectivity index (χ4n) is 3.18. The third kappa shape index (κ3) is 2.42. The number of fused-ring (bicyclic) bond motifs is 2. The standard InChI is InChI=1S/C19H16N2O2S/c20-13(9-12-11-24-17-8-4-3-5-14(12)17)10-21-18(22)15-6-1-2-7-16(15)19(21)23/h1-8,11,13H,9-10,20H2/t13-/m0/s1. The molecule has 2 amide bonds. The lowest BCUT2D eigenvalue weighted by Gasteiger charge is -2.19. The molecule has 5 heteroatoms. The molecular weight excluding hydrogens is 320 g/mol. The first-order valence-electron chi connectivity index (χ1n) is 7.81. The molecule has 2 N–H and O–H groups in total. The molecule has 2 aromatic carbocycles. The predicted molar refractivity (Wildman–Crippen MR) is 95.3 cm³/mol. The highest BCUT2D eigenvalue weighted by Gasteiger charge is 2.35. The van der Waals surface area contributed by atoms with Gasteiger partial charge < -0.3 is 5.73 Å². The highest BCUT2D eigenvalue weighted by atomic mass is 32.1. The molecule has 24 heavy (non-hydrogen) atoms. The van der Waals surface area contributed by atoms with Crippen LogP contribution in [0.25, 0.3) is 10.1 Å². The van der Waals surface area contributed by atoms with Gasteiger partial charge in [0.2, 0.25) is 0 Å². The lowest BCUT2D eigenvalue weighted by atomic mass is 10.1. The third-order valence-electron chi connectivity index (χ3n) is 4.34. The molecule has 0 saturated heterocycles. The summed E-state index contributed by atoms with van der Waals surface area (Å²) < 4.78 is 1.22. The first-order chi connectivity index (χ1) is 11.6. The van der Waals surface area contributed by atoms with Crippen LogP contribution in [0.4, 0.5) is 0 Å². The zero-order chi connectivity index (χ0) is 16.7. The van der Waals surface area contributed by atoms with Gasteiger partial charge in [0.1, 0.15) is 0 Å². The van der Waals surface area contributed by atoms with E-state index in [1.807, 2.05) is 12.1 Å². The summed E-state index contributed by atoms with van der Waals surface area (Å²) >= 11 is 1.69. The van der Waals surface area contributed by atoms with E-state index < -0.39 is 0 Å². The maximum Gasteiger partial charge on any atom is 0.261 e. The number of nitrogens with two attached hydrogens (primary N) is 1. The number of rotatable bonds is 4. The van der Waals surface area contributed by atoms with Gasteiger partial charge in [-0.15, -0.1) is 11.3 Å². The van der Waals surface area contributed by atoms with Crippen LogP contribution in [-0.2, 0) is 6.42 Å². The van der Waals surface area contributed by atoms with Gasteiger partial charge in [-0.1, -0.05) is 30.3 Å². The van der Waals surface area contributed by atoms with E-state index in [2.05, 4.69) is 17.5 Å². The minimum atomic E-state index is -0.287. The van der Waals surface area contributed by atoms with Crippen molar-refractivity contribution in [3.05, 3.63) is 70.6 Å². The van der Waals surface area contributed by atoms with Crippen LogP contribution in [0.2, 0.25) is 0 Å². The van der Waals surface area contributed by atoms with E-state index in [0.29, 0.717) is 17.5 Å². The molecule has 4 nitrogen and oxygen atoms in total. The number of carbonyl (C=O) groups is 2. The van der Waals surface area contributed by atoms with Crippen molar-refractivity contribution < 1.29 is 9.59 Å². The molecule has 120 valence electrons.